The Bertz CT molecular complexity index is 228. The summed E-state index contributed by atoms with van der Waals surface area (Å²) in [6.07, 6.45) is 14.0. The van der Waals surface area contributed by atoms with Gasteiger partial charge in [0.15, 0.2) is 0 Å². The van der Waals surface area contributed by atoms with Gasteiger partial charge in [0.2, 0.25) is 0 Å². The quantitative estimate of drug-likeness (QED) is 0.687. The second-order valence-electron chi connectivity index (χ2n) is 5.99. The third-order valence-corrected chi connectivity index (χ3v) is 5.02. The fraction of sp³-hybridized carbons (Fsp3) is 0.933. The lowest BCUT2D eigenvalue weighted by Gasteiger charge is -2.45. The van der Waals surface area contributed by atoms with Crippen LogP contribution < -0.4 is 0 Å². The van der Waals surface area contributed by atoms with E-state index in [1.807, 2.05) is 0 Å². The Morgan fingerprint density at radius 1 is 1.12 bits per heavy atom. The highest BCUT2D eigenvalue weighted by atomic mass is 16.1. The molecule has 2 rings (SSSR count). The van der Waals surface area contributed by atoms with Crippen molar-refractivity contribution in [3.05, 3.63) is 0 Å². The predicted octanol–water partition coefficient (Wildman–Crippen LogP) is 4.50. The average molecular weight is 222 g/mol. The van der Waals surface area contributed by atoms with Gasteiger partial charge in [-0.25, -0.2) is 0 Å². The van der Waals surface area contributed by atoms with Gasteiger partial charge < -0.3 is 0 Å². The van der Waals surface area contributed by atoms with E-state index in [-0.39, 0.29) is 0 Å². The minimum atomic E-state index is 0.516. The number of Topliss-reactive ketones (excluding diaryl/α,β-unsaturated/α-hetero) is 1. The Balaban J connectivity index is 2.04. The van der Waals surface area contributed by atoms with E-state index in [0.717, 1.165) is 18.8 Å². The van der Waals surface area contributed by atoms with Crippen molar-refractivity contribution in [2.24, 2.45) is 11.3 Å². The highest BCUT2D eigenvalue weighted by Gasteiger charge is 2.40. The van der Waals surface area contributed by atoms with Gasteiger partial charge in [0.05, 0.1) is 0 Å². The molecule has 0 aliphatic heterocycles. The molecule has 0 saturated heterocycles. The number of ketones is 1. The van der Waals surface area contributed by atoms with Gasteiger partial charge in [-0.15, -0.1) is 0 Å². The van der Waals surface area contributed by atoms with Crippen molar-refractivity contribution in [2.75, 3.05) is 0 Å². The highest BCUT2D eigenvalue weighted by Crippen LogP contribution is 2.50. The first-order chi connectivity index (χ1) is 7.77. The molecule has 0 radical (unpaired) electrons. The molecule has 0 amide bonds. The summed E-state index contributed by atoms with van der Waals surface area (Å²) in [6.45, 7) is 2.31. The Morgan fingerprint density at radius 3 is 2.31 bits per heavy atom. The van der Waals surface area contributed by atoms with Crippen LogP contribution >= 0.6 is 0 Å². The van der Waals surface area contributed by atoms with Crippen LogP contribution in [0.15, 0.2) is 0 Å². The summed E-state index contributed by atoms with van der Waals surface area (Å²) in [5.74, 6) is 1.46. The summed E-state index contributed by atoms with van der Waals surface area (Å²) < 4.78 is 0. The van der Waals surface area contributed by atoms with E-state index >= 15 is 0 Å². The van der Waals surface area contributed by atoms with Crippen molar-refractivity contribution >= 4 is 5.78 Å². The fourth-order valence-electron chi connectivity index (χ4n) is 4.10. The summed E-state index contributed by atoms with van der Waals surface area (Å²) in [6, 6.07) is 0. The zero-order chi connectivity index (χ0) is 11.4. The van der Waals surface area contributed by atoms with Crippen LogP contribution in [0.25, 0.3) is 0 Å². The molecular weight excluding hydrogens is 196 g/mol. The molecule has 2 aliphatic carbocycles. The van der Waals surface area contributed by atoms with Gasteiger partial charge in [-0.1, -0.05) is 32.6 Å². The van der Waals surface area contributed by atoms with Crippen LogP contribution in [0.4, 0.5) is 0 Å². The molecule has 92 valence electrons. The molecule has 1 nitrogen and oxygen atoms in total. The van der Waals surface area contributed by atoms with Crippen LogP contribution in [0.1, 0.15) is 77.6 Å². The lowest BCUT2D eigenvalue weighted by molar-refractivity contribution is -0.123. The first-order valence-electron chi connectivity index (χ1n) is 7.28. The van der Waals surface area contributed by atoms with E-state index in [2.05, 4.69) is 6.92 Å². The first kappa shape index (κ1) is 12.1. The van der Waals surface area contributed by atoms with Crippen molar-refractivity contribution in [2.45, 2.75) is 77.6 Å². The molecule has 16 heavy (non-hydrogen) atoms. The predicted molar refractivity (Wildman–Crippen MR) is 67.4 cm³/mol. The summed E-state index contributed by atoms with van der Waals surface area (Å²) in [5, 5.41) is 0. The van der Waals surface area contributed by atoms with Crippen LogP contribution in [-0.4, -0.2) is 5.78 Å². The zero-order valence-corrected chi connectivity index (χ0v) is 10.8. The Kier molecular flexibility index (Phi) is 4.05. The van der Waals surface area contributed by atoms with E-state index in [9.17, 15) is 4.79 Å². The van der Waals surface area contributed by atoms with Crippen LogP contribution in [-0.2, 0) is 4.79 Å². The van der Waals surface area contributed by atoms with Crippen molar-refractivity contribution in [3.63, 3.8) is 0 Å². The number of hydrogen-bond donors (Lipinski definition) is 0. The molecule has 0 heterocycles. The van der Waals surface area contributed by atoms with Crippen LogP contribution in [0.3, 0.4) is 0 Å². The lowest BCUT2D eigenvalue weighted by Crippen LogP contribution is -2.36. The maximum absolute atomic E-state index is 11.4. The Hall–Kier alpha value is -0.330. The maximum Gasteiger partial charge on any atom is 0.132 e. The summed E-state index contributed by atoms with van der Waals surface area (Å²) >= 11 is 0. The SMILES string of the molecule is CCCC1(C2CCCCC2)CCC(=O)CC1. The lowest BCUT2D eigenvalue weighted by atomic mass is 9.60. The normalized spacial score (nSPS) is 26.9. The average Bonchev–Trinajstić information content (AvgIpc) is 2.34. The third-order valence-electron chi connectivity index (χ3n) is 5.02. The van der Waals surface area contributed by atoms with Crippen molar-refractivity contribution in [1.82, 2.24) is 0 Å². The highest BCUT2D eigenvalue weighted by molar-refractivity contribution is 5.79. The first-order valence-corrected chi connectivity index (χ1v) is 7.28. The molecule has 0 aromatic carbocycles. The standard InChI is InChI=1S/C15H26O/c1-2-10-15(11-8-14(16)9-12-15)13-6-4-3-5-7-13/h13H,2-12H2,1H3. The minimum absolute atomic E-state index is 0.516. The van der Waals surface area contributed by atoms with Gasteiger partial charge in [0.25, 0.3) is 0 Å². The number of hydrogen-bond acceptors (Lipinski definition) is 1. The van der Waals surface area contributed by atoms with E-state index in [1.165, 1.54) is 57.8 Å². The number of carbonyl (C=O) groups is 1. The summed E-state index contributed by atoms with van der Waals surface area (Å²) in [4.78, 5) is 11.4. The molecule has 0 bridgehead atoms. The van der Waals surface area contributed by atoms with Crippen LogP contribution in [0, 0.1) is 11.3 Å². The number of rotatable bonds is 3. The smallest absolute Gasteiger partial charge is 0.132 e. The topological polar surface area (TPSA) is 17.1 Å². The fourth-order valence-corrected chi connectivity index (χ4v) is 4.10. The van der Waals surface area contributed by atoms with E-state index in [0.29, 0.717) is 11.2 Å². The Labute approximate surface area is 100.0 Å². The summed E-state index contributed by atoms with van der Waals surface area (Å²) in [5.41, 5.74) is 0.559. The van der Waals surface area contributed by atoms with Crippen LogP contribution in [0.2, 0.25) is 0 Å². The molecule has 2 saturated carbocycles. The maximum atomic E-state index is 11.4. The van der Waals surface area contributed by atoms with Gasteiger partial charge in [-0.2, -0.15) is 0 Å². The molecule has 2 fully saturated rings. The van der Waals surface area contributed by atoms with Crippen LogP contribution in [0.5, 0.6) is 0 Å². The van der Waals surface area contributed by atoms with E-state index in [4.69, 9.17) is 0 Å². The Morgan fingerprint density at radius 2 is 1.75 bits per heavy atom. The molecule has 0 unspecified atom stereocenters. The molecule has 0 aromatic rings. The zero-order valence-electron chi connectivity index (χ0n) is 10.8. The van der Waals surface area contributed by atoms with Crippen molar-refractivity contribution in [1.29, 1.82) is 0 Å². The monoisotopic (exact) mass is 222 g/mol. The van der Waals surface area contributed by atoms with Crippen molar-refractivity contribution < 1.29 is 4.79 Å². The number of carbonyl (C=O) groups excluding carboxylic acids is 1. The molecular formula is C15H26O. The second kappa shape index (κ2) is 5.33. The van der Waals surface area contributed by atoms with Crippen molar-refractivity contribution in [3.8, 4) is 0 Å². The third kappa shape index (κ3) is 2.49. The van der Waals surface area contributed by atoms with E-state index in [1.54, 1.807) is 0 Å². The molecule has 2 aliphatic rings. The van der Waals surface area contributed by atoms with Gasteiger partial charge in [-0.3, -0.25) is 4.79 Å². The molecule has 1 heteroatoms. The minimum Gasteiger partial charge on any atom is -0.300 e. The molecule has 0 spiro atoms. The van der Waals surface area contributed by atoms with E-state index < -0.39 is 0 Å². The van der Waals surface area contributed by atoms with Gasteiger partial charge in [-0.05, 0) is 43.4 Å². The molecule has 0 N–H and O–H groups in total. The largest absolute Gasteiger partial charge is 0.300 e. The van der Waals surface area contributed by atoms with Gasteiger partial charge in [0.1, 0.15) is 5.78 Å². The molecule has 0 atom stereocenters. The van der Waals surface area contributed by atoms with Gasteiger partial charge >= 0.3 is 0 Å². The molecule has 0 aromatic heterocycles. The summed E-state index contributed by atoms with van der Waals surface area (Å²) in [7, 11) is 0. The van der Waals surface area contributed by atoms with Gasteiger partial charge in [0, 0.05) is 12.8 Å². The second-order valence-corrected chi connectivity index (χ2v) is 5.99.